The molecule has 1 saturated heterocycles. The number of carbonyl (C=O) groups excluding carboxylic acids is 1. The zero-order chi connectivity index (χ0) is 23.8. The maximum Gasteiger partial charge on any atom is 0.243 e. The van der Waals surface area contributed by atoms with Crippen LogP contribution in [0.2, 0.25) is 0 Å². The second-order valence-corrected chi connectivity index (χ2v) is 11.0. The molecule has 1 amide bonds. The highest BCUT2D eigenvalue weighted by molar-refractivity contribution is 7.89. The van der Waals surface area contributed by atoms with Gasteiger partial charge in [0.25, 0.3) is 0 Å². The standard InChI is InChI=1S/C25H32N4O3S/c1-17-14-18(2)25(19(3)15-17)27-24(30)11-10-23-26-21-16-20(8-9-22(21)28(23)4)33(31,32)29-12-6-5-7-13-29/h8-9,14-16H,5-7,10-13H2,1-4H3,(H,27,30). The Kier molecular flexibility index (Phi) is 6.59. The van der Waals surface area contributed by atoms with E-state index in [1.54, 1.807) is 16.4 Å². The first-order chi connectivity index (χ1) is 15.7. The molecule has 1 N–H and O–H groups in total. The van der Waals surface area contributed by atoms with E-state index in [1.807, 2.05) is 38.5 Å². The maximum absolute atomic E-state index is 13.0. The van der Waals surface area contributed by atoms with Crippen molar-refractivity contribution in [3.8, 4) is 0 Å². The normalized spacial score (nSPS) is 15.2. The van der Waals surface area contributed by atoms with Crippen LogP contribution in [0.15, 0.2) is 35.2 Å². The third kappa shape index (κ3) is 4.82. The molecule has 0 atom stereocenters. The first-order valence-corrected chi connectivity index (χ1v) is 12.9. The number of carbonyl (C=O) groups is 1. The van der Waals surface area contributed by atoms with Gasteiger partial charge in [-0.2, -0.15) is 4.31 Å². The second-order valence-electron chi connectivity index (χ2n) is 9.02. The lowest BCUT2D eigenvalue weighted by atomic mass is 10.0. The highest BCUT2D eigenvalue weighted by Crippen LogP contribution is 2.25. The predicted molar refractivity (Wildman–Crippen MR) is 131 cm³/mol. The highest BCUT2D eigenvalue weighted by Gasteiger charge is 2.26. The molecule has 0 aliphatic carbocycles. The summed E-state index contributed by atoms with van der Waals surface area (Å²) in [7, 11) is -1.61. The molecule has 176 valence electrons. The number of aryl methyl sites for hydroxylation is 5. The molecule has 0 saturated carbocycles. The number of aromatic nitrogens is 2. The van der Waals surface area contributed by atoms with Gasteiger partial charge in [-0.05, 0) is 62.9 Å². The molecule has 2 aromatic carbocycles. The smallest absolute Gasteiger partial charge is 0.243 e. The van der Waals surface area contributed by atoms with Crippen LogP contribution >= 0.6 is 0 Å². The van der Waals surface area contributed by atoms with Gasteiger partial charge in [-0.25, -0.2) is 13.4 Å². The van der Waals surface area contributed by atoms with Crippen LogP contribution in [0.25, 0.3) is 11.0 Å². The van der Waals surface area contributed by atoms with Crippen LogP contribution in [-0.2, 0) is 28.3 Å². The molecule has 1 fully saturated rings. The number of sulfonamides is 1. The number of nitrogens with zero attached hydrogens (tertiary/aromatic N) is 3. The third-order valence-electron chi connectivity index (χ3n) is 6.41. The molecule has 0 radical (unpaired) electrons. The van der Waals surface area contributed by atoms with E-state index in [4.69, 9.17) is 0 Å². The van der Waals surface area contributed by atoms with Gasteiger partial charge >= 0.3 is 0 Å². The molecule has 0 spiro atoms. The van der Waals surface area contributed by atoms with Crippen LogP contribution in [0.5, 0.6) is 0 Å². The zero-order valence-corrected chi connectivity index (χ0v) is 20.6. The lowest BCUT2D eigenvalue weighted by molar-refractivity contribution is -0.116. The van der Waals surface area contributed by atoms with Crippen molar-refractivity contribution in [1.82, 2.24) is 13.9 Å². The number of piperidine rings is 1. The van der Waals surface area contributed by atoms with Crippen molar-refractivity contribution in [1.29, 1.82) is 0 Å². The lowest BCUT2D eigenvalue weighted by Crippen LogP contribution is -2.35. The fraction of sp³-hybridized carbons (Fsp3) is 0.440. The van der Waals surface area contributed by atoms with Crippen molar-refractivity contribution in [3.05, 3.63) is 52.8 Å². The number of amides is 1. The Hall–Kier alpha value is -2.71. The van der Waals surface area contributed by atoms with Gasteiger partial charge in [0.15, 0.2) is 0 Å². The van der Waals surface area contributed by atoms with E-state index in [2.05, 4.69) is 22.4 Å². The first-order valence-electron chi connectivity index (χ1n) is 11.5. The van der Waals surface area contributed by atoms with Crippen LogP contribution in [0, 0.1) is 20.8 Å². The maximum atomic E-state index is 13.0. The summed E-state index contributed by atoms with van der Waals surface area (Å²) in [6.07, 6.45) is 3.64. The van der Waals surface area contributed by atoms with Crippen LogP contribution in [0.4, 0.5) is 5.69 Å². The fourth-order valence-corrected chi connectivity index (χ4v) is 6.21. The number of imidazole rings is 1. The summed E-state index contributed by atoms with van der Waals surface area (Å²) in [5.74, 6) is 0.690. The van der Waals surface area contributed by atoms with E-state index < -0.39 is 10.0 Å². The number of benzene rings is 2. The van der Waals surface area contributed by atoms with Crippen LogP contribution in [0.3, 0.4) is 0 Å². The quantitative estimate of drug-likeness (QED) is 0.586. The van der Waals surface area contributed by atoms with Gasteiger partial charge < -0.3 is 9.88 Å². The molecule has 1 aliphatic rings. The Morgan fingerprint density at radius 2 is 1.70 bits per heavy atom. The van der Waals surface area contributed by atoms with Gasteiger partial charge in [0.05, 0.1) is 15.9 Å². The minimum Gasteiger partial charge on any atom is -0.331 e. The zero-order valence-electron chi connectivity index (χ0n) is 19.8. The lowest BCUT2D eigenvalue weighted by Gasteiger charge is -2.25. The molecule has 33 heavy (non-hydrogen) atoms. The number of anilines is 1. The predicted octanol–water partition coefficient (Wildman–Crippen LogP) is 4.24. The van der Waals surface area contributed by atoms with Gasteiger partial charge in [-0.15, -0.1) is 0 Å². The summed E-state index contributed by atoms with van der Waals surface area (Å²) in [4.78, 5) is 17.6. The van der Waals surface area contributed by atoms with Crippen LogP contribution < -0.4 is 5.32 Å². The van der Waals surface area contributed by atoms with Gasteiger partial charge in [-0.1, -0.05) is 24.1 Å². The van der Waals surface area contributed by atoms with Crippen molar-refractivity contribution in [2.45, 2.75) is 57.8 Å². The second kappa shape index (κ2) is 9.27. The van der Waals surface area contributed by atoms with Gasteiger partial charge in [0.2, 0.25) is 15.9 Å². The molecule has 2 heterocycles. The van der Waals surface area contributed by atoms with E-state index in [9.17, 15) is 13.2 Å². The van der Waals surface area contributed by atoms with Crippen molar-refractivity contribution >= 4 is 32.7 Å². The van der Waals surface area contributed by atoms with Crippen molar-refractivity contribution in [2.24, 2.45) is 7.05 Å². The Bertz CT molecular complexity index is 1280. The minimum absolute atomic E-state index is 0.0644. The van der Waals surface area contributed by atoms with Crippen molar-refractivity contribution in [3.63, 3.8) is 0 Å². The number of hydrogen-bond acceptors (Lipinski definition) is 4. The largest absolute Gasteiger partial charge is 0.331 e. The van der Waals surface area contributed by atoms with E-state index in [0.29, 0.717) is 31.4 Å². The molecular weight excluding hydrogens is 436 g/mol. The van der Waals surface area contributed by atoms with Gasteiger partial charge in [-0.3, -0.25) is 4.79 Å². The summed E-state index contributed by atoms with van der Waals surface area (Å²) in [6, 6.07) is 9.24. The van der Waals surface area contributed by atoms with Crippen LogP contribution in [-0.4, -0.2) is 41.3 Å². The van der Waals surface area contributed by atoms with E-state index in [1.165, 1.54) is 5.56 Å². The number of hydrogen-bond donors (Lipinski definition) is 1. The summed E-state index contributed by atoms with van der Waals surface area (Å²) < 4.78 is 29.6. The average Bonchev–Trinajstić information content (AvgIpc) is 3.10. The Balaban J connectivity index is 1.50. The van der Waals surface area contributed by atoms with E-state index in [0.717, 1.165) is 47.4 Å². The molecule has 3 aromatic rings. The van der Waals surface area contributed by atoms with Crippen molar-refractivity contribution in [2.75, 3.05) is 18.4 Å². The summed E-state index contributed by atoms with van der Waals surface area (Å²) in [5, 5.41) is 3.03. The molecular formula is C25H32N4O3S. The van der Waals surface area contributed by atoms with Crippen LogP contribution in [0.1, 0.15) is 48.2 Å². The summed E-state index contributed by atoms with van der Waals surface area (Å²) in [5.41, 5.74) is 5.62. The van der Waals surface area contributed by atoms with E-state index >= 15 is 0 Å². The fourth-order valence-electron chi connectivity index (χ4n) is 4.67. The van der Waals surface area contributed by atoms with Gasteiger partial charge in [0.1, 0.15) is 5.82 Å². The third-order valence-corrected chi connectivity index (χ3v) is 8.31. The number of rotatable bonds is 6. The number of fused-ring (bicyclic) bond motifs is 1. The molecule has 8 heteroatoms. The molecule has 4 rings (SSSR count). The van der Waals surface area contributed by atoms with Crippen molar-refractivity contribution < 1.29 is 13.2 Å². The molecule has 0 bridgehead atoms. The molecule has 0 unspecified atom stereocenters. The Labute approximate surface area is 195 Å². The van der Waals surface area contributed by atoms with E-state index in [-0.39, 0.29) is 10.8 Å². The molecule has 1 aromatic heterocycles. The summed E-state index contributed by atoms with van der Waals surface area (Å²) >= 11 is 0. The Morgan fingerprint density at radius 3 is 2.36 bits per heavy atom. The number of nitrogens with one attached hydrogen (secondary N) is 1. The highest BCUT2D eigenvalue weighted by atomic mass is 32.2. The summed E-state index contributed by atoms with van der Waals surface area (Å²) in [6.45, 7) is 7.18. The topological polar surface area (TPSA) is 84.3 Å². The SMILES string of the molecule is Cc1cc(C)c(NC(=O)CCc2nc3cc(S(=O)(=O)N4CCCCC4)ccc3n2C)c(C)c1. The average molecular weight is 469 g/mol. The molecule has 7 nitrogen and oxygen atoms in total. The first kappa shape index (κ1) is 23.4. The minimum atomic E-state index is -3.51. The Morgan fingerprint density at radius 1 is 1.03 bits per heavy atom. The molecule has 1 aliphatic heterocycles. The van der Waals surface area contributed by atoms with Gasteiger partial charge in [0, 0.05) is 38.7 Å². The monoisotopic (exact) mass is 468 g/mol.